The van der Waals surface area contributed by atoms with Gasteiger partial charge in [-0.2, -0.15) is 0 Å². The van der Waals surface area contributed by atoms with Crippen molar-refractivity contribution in [2.24, 2.45) is 0 Å². The molecule has 2 rings (SSSR count). The molecule has 0 heterocycles. The van der Waals surface area contributed by atoms with Gasteiger partial charge < -0.3 is 5.32 Å². The van der Waals surface area contributed by atoms with Crippen molar-refractivity contribution in [2.45, 2.75) is 6.54 Å². The predicted molar refractivity (Wildman–Crippen MR) is 80.6 cm³/mol. The zero-order valence-corrected chi connectivity index (χ0v) is 12.3. The zero-order chi connectivity index (χ0) is 11.4. The second-order valence-corrected chi connectivity index (χ2v) is 5.65. The lowest BCUT2D eigenvalue weighted by molar-refractivity contribution is 1.15. The molecule has 3 heteroatoms. The van der Waals surface area contributed by atoms with Gasteiger partial charge in [0.25, 0.3) is 0 Å². The monoisotopic (exact) mass is 387 g/mol. The maximum Gasteiger partial charge on any atom is 0.0401 e. The normalized spacial score (nSPS) is 10.1. The summed E-state index contributed by atoms with van der Waals surface area (Å²) in [6.45, 7) is 0.847. The Bertz CT molecular complexity index is 468. The molecule has 16 heavy (non-hydrogen) atoms. The molecule has 0 saturated carbocycles. The first-order valence-corrected chi connectivity index (χ1v) is 6.85. The number of anilines is 1. The molecule has 0 unspecified atom stereocenters. The quantitative estimate of drug-likeness (QED) is 0.755. The third kappa shape index (κ3) is 3.49. The maximum atomic E-state index is 3.47. The van der Waals surface area contributed by atoms with Crippen LogP contribution in [0.3, 0.4) is 0 Å². The van der Waals surface area contributed by atoms with Gasteiger partial charge >= 0.3 is 0 Å². The molecule has 1 nitrogen and oxygen atoms in total. The van der Waals surface area contributed by atoms with Gasteiger partial charge in [-0.25, -0.2) is 0 Å². The van der Waals surface area contributed by atoms with E-state index in [4.69, 9.17) is 0 Å². The van der Waals surface area contributed by atoms with Gasteiger partial charge in [0.1, 0.15) is 0 Å². The third-order valence-electron chi connectivity index (χ3n) is 2.23. The second kappa shape index (κ2) is 5.68. The molecule has 0 saturated heterocycles. The van der Waals surface area contributed by atoms with Crippen molar-refractivity contribution in [3.63, 3.8) is 0 Å². The molecule has 0 aliphatic carbocycles. The van der Waals surface area contributed by atoms with Crippen molar-refractivity contribution in [3.05, 3.63) is 62.1 Å². The van der Waals surface area contributed by atoms with Crippen molar-refractivity contribution in [2.75, 3.05) is 5.32 Å². The first-order valence-electron chi connectivity index (χ1n) is 4.98. The van der Waals surface area contributed by atoms with Crippen molar-refractivity contribution in [1.82, 2.24) is 0 Å². The van der Waals surface area contributed by atoms with Gasteiger partial charge in [-0.05, 0) is 64.6 Å². The molecule has 0 spiro atoms. The number of hydrogen-bond acceptors (Lipinski definition) is 1. The highest BCUT2D eigenvalue weighted by atomic mass is 127. The van der Waals surface area contributed by atoms with Crippen LogP contribution in [0.25, 0.3) is 0 Å². The van der Waals surface area contributed by atoms with Gasteiger partial charge in [0.2, 0.25) is 0 Å². The van der Waals surface area contributed by atoms with E-state index in [1.54, 1.807) is 0 Å². The van der Waals surface area contributed by atoms with Gasteiger partial charge in [-0.1, -0.05) is 28.1 Å². The summed E-state index contributed by atoms with van der Waals surface area (Å²) in [6.07, 6.45) is 0. The van der Waals surface area contributed by atoms with Gasteiger partial charge in [0.05, 0.1) is 0 Å². The third-order valence-corrected chi connectivity index (χ3v) is 3.44. The molecule has 0 bridgehead atoms. The molecule has 0 aliphatic heterocycles. The highest BCUT2D eigenvalue weighted by molar-refractivity contribution is 14.1. The SMILES string of the molecule is Brc1cccc(CNc2ccc(I)cc2)c1. The second-order valence-electron chi connectivity index (χ2n) is 3.49. The van der Waals surface area contributed by atoms with E-state index in [9.17, 15) is 0 Å². The summed E-state index contributed by atoms with van der Waals surface area (Å²) < 4.78 is 2.38. The predicted octanol–water partition coefficient (Wildman–Crippen LogP) is 4.67. The molecule has 0 amide bonds. The van der Waals surface area contributed by atoms with Crippen LogP contribution in [0.4, 0.5) is 5.69 Å². The van der Waals surface area contributed by atoms with Crippen LogP contribution in [0.1, 0.15) is 5.56 Å². The molecule has 2 aromatic carbocycles. The highest BCUT2D eigenvalue weighted by Crippen LogP contribution is 2.15. The fourth-order valence-electron chi connectivity index (χ4n) is 1.42. The van der Waals surface area contributed by atoms with Crippen LogP contribution in [0.2, 0.25) is 0 Å². The molecule has 82 valence electrons. The van der Waals surface area contributed by atoms with Crippen LogP contribution in [0.5, 0.6) is 0 Å². The van der Waals surface area contributed by atoms with Crippen molar-refractivity contribution in [3.8, 4) is 0 Å². The fraction of sp³-hybridized carbons (Fsp3) is 0.0769. The summed E-state index contributed by atoms with van der Waals surface area (Å²) in [6, 6.07) is 16.7. The Labute approximate surface area is 118 Å². The lowest BCUT2D eigenvalue weighted by Gasteiger charge is -2.06. The number of halogens is 2. The Hall–Kier alpha value is -0.550. The van der Waals surface area contributed by atoms with Crippen LogP contribution in [0.15, 0.2) is 53.0 Å². The van der Waals surface area contributed by atoms with Crippen LogP contribution in [0, 0.1) is 3.57 Å². The highest BCUT2D eigenvalue weighted by Gasteiger charge is 1.95. The Morgan fingerprint density at radius 3 is 2.50 bits per heavy atom. The van der Waals surface area contributed by atoms with Gasteiger partial charge in [0, 0.05) is 20.3 Å². The molecule has 0 radical (unpaired) electrons. The smallest absolute Gasteiger partial charge is 0.0401 e. The molecule has 2 aromatic rings. The molecule has 0 atom stereocenters. The minimum atomic E-state index is 0.847. The van der Waals surface area contributed by atoms with Gasteiger partial charge in [-0.15, -0.1) is 0 Å². The van der Waals surface area contributed by atoms with E-state index in [1.807, 2.05) is 6.07 Å². The average Bonchev–Trinajstić information content (AvgIpc) is 2.28. The first kappa shape index (κ1) is 11.9. The van der Waals surface area contributed by atoms with E-state index in [-0.39, 0.29) is 0 Å². The summed E-state index contributed by atoms with van der Waals surface area (Å²) in [4.78, 5) is 0. The summed E-state index contributed by atoms with van der Waals surface area (Å²) in [7, 11) is 0. The van der Waals surface area contributed by atoms with E-state index >= 15 is 0 Å². The van der Waals surface area contributed by atoms with E-state index in [1.165, 1.54) is 9.13 Å². The minimum absolute atomic E-state index is 0.847. The Balaban J connectivity index is 1.99. The molecule has 0 aliphatic rings. The minimum Gasteiger partial charge on any atom is -0.381 e. The molecule has 1 N–H and O–H groups in total. The van der Waals surface area contributed by atoms with Crippen molar-refractivity contribution >= 4 is 44.2 Å². The van der Waals surface area contributed by atoms with Crippen LogP contribution in [-0.4, -0.2) is 0 Å². The van der Waals surface area contributed by atoms with Crippen LogP contribution >= 0.6 is 38.5 Å². The van der Waals surface area contributed by atoms with Gasteiger partial charge in [0.15, 0.2) is 0 Å². The zero-order valence-electron chi connectivity index (χ0n) is 8.58. The van der Waals surface area contributed by atoms with E-state index < -0.39 is 0 Å². The molecule has 0 fully saturated rings. The van der Waals surface area contributed by atoms with Crippen molar-refractivity contribution < 1.29 is 0 Å². The Kier molecular flexibility index (Phi) is 4.23. The summed E-state index contributed by atoms with van der Waals surface area (Å²) in [5, 5.41) is 3.39. The number of benzene rings is 2. The largest absolute Gasteiger partial charge is 0.381 e. The van der Waals surface area contributed by atoms with Crippen LogP contribution in [-0.2, 0) is 6.54 Å². The molecule has 0 aromatic heterocycles. The van der Waals surface area contributed by atoms with E-state index in [0.717, 1.165) is 16.7 Å². The van der Waals surface area contributed by atoms with Gasteiger partial charge in [-0.3, -0.25) is 0 Å². The van der Waals surface area contributed by atoms with E-state index in [0.29, 0.717) is 0 Å². The maximum absolute atomic E-state index is 3.47. The Morgan fingerprint density at radius 2 is 1.81 bits per heavy atom. The first-order chi connectivity index (χ1) is 7.74. The Morgan fingerprint density at radius 1 is 1.06 bits per heavy atom. The van der Waals surface area contributed by atoms with Crippen LogP contribution < -0.4 is 5.32 Å². The number of rotatable bonds is 3. The topological polar surface area (TPSA) is 12.0 Å². The van der Waals surface area contributed by atoms with E-state index in [2.05, 4.69) is 86.3 Å². The summed E-state index contributed by atoms with van der Waals surface area (Å²) in [5.74, 6) is 0. The summed E-state index contributed by atoms with van der Waals surface area (Å²) in [5.41, 5.74) is 2.42. The number of nitrogens with one attached hydrogen (secondary N) is 1. The standard InChI is InChI=1S/C13H11BrIN/c14-11-3-1-2-10(8-11)9-16-13-6-4-12(15)5-7-13/h1-8,16H,9H2. The fourth-order valence-corrected chi connectivity index (χ4v) is 2.23. The van der Waals surface area contributed by atoms with Crippen molar-refractivity contribution in [1.29, 1.82) is 0 Å². The number of hydrogen-bond donors (Lipinski definition) is 1. The lowest BCUT2D eigenvalue weighted by Crippen LogP contribution is -1.98. The average molecular weight is 388 g/mol. The molecular formula is C13H11BrIN. The molecular weight excluding hydrogens is 377 g/mol. The summed E-state index contributed by atoms with van der Waals surface area (Å²) >= 11 is 5.78. The lowest BCUT2D eigenvalue weighted by atomic mass is 10.2.